The summed E-state index contributed by atoms with van der Waals surface area (Å²) in [6, 6.07) is 7.45. The minimum atomic E-state index is -0.291. The molecule has 1 aliphatic heterocycles. The molecule has 120 valence electrons. The molecule has 0 bridgehead atoms. The van der Waals surface area contributed by atoms with Crippen molar-refractivity contribution in [1.82, 2.24) is 5.32 Å². The first-order chi connectivity index (χ1) is 10.5. The molecular formula is C17H24N2O3. The van der Waals surface area contributed by atoms with Crippen LogP contribution < -0.4 is 15.0 Å². The highest BCUT2D eigenvalue weighted by molar-refractivity contribution is 6.01. The van der Waals surface area contributed by atoms with Gasteiger partial charge in [0.1, 0.15) is 5.75 Å². The Labute approximate surface area is 131 Å². The summed E-state index contributed by atoms with van der Waals surface area (Å²) in [6.45, 7) is 7.59. The van der Waals surface area contributed by atoms with Gasteiger partial charge in [0, 0.05) is 19.5 Å². The maximum atomic E-state index is 12.3. The molecule has 1 heterocycles. The molecule has 0 radical (unpaired) electrons. The monoisotopic (exact) mass is 304 g/mol. The maximum absolute atomic E-state index is 12.3. The molecule has 1 fully saturated rings. The zero-order chi connectivity index (χ0) is 16.1. The van der Waals surface area contributed by atoms with Gasteiger partial charge in [-0.25, -0.2) is 0 Å². The molecule has 5 nitrogen and oxygen atoms in total. The van der Waals surface area contributed by atoms with Crippen molar-refractivity contribution in [2.75, 3.05) is 24.6 Å². The highest BCUT2D eigenvalue weighted by atomic mass is 16.5. The zero-order valence-electron chi connectivity index (χ0n) is 13.5. The number of carbonyl (C=O) groups excluding carboxylic acids is 2. The van der Waals surface area contributed by atoms with Crippen LogP contribution in [-0.2, 0) is 9.59 Å². The van der Waals surface area contributed by atoms with Crippen LogP contribution in [-0.4, -0.2) is 31.5 Å². The van der Waals surface area contributed by atoms with Crippen molar-refractivity contribution in [1.29, 1.82) is 0 Å². The van der Waals surface area contributed by atoms with Crippen LogP contribution in [0.4, 0.5) is 5.69 Å². The second-order valence-electron chi connectivity index (χ2n) is 5.95. The lowest BCUT2D eigenvalue weighted by molar-refractivity contribution is -0.126. The van der Waals surface area contributed by atoms with Crippen LogP contribution >= 0.6 is 0 Å². The van der Waals surface area contributed by atoms with Gasteiger partial charge in [-0.15, -0.1) is 0 Å². The molecule has 0 saturated carbocycles. The van der Waals surface area contributed by atoms with E-state index in [0.29, 0.717) is 31.4 Å². The molecule has 2 rings (SSSR count). The SMILES string of the molecule is CCOc1ccccc1N1CC(C(=O)NCC(C)C)CC1=O. The summed E-state index contributed by atoms with van der Waals surface area (Å²) < 4.78 is 5.58. The van der Waals surface area contributed by atoms with E-state index in [-0.39, 0.29) is 24.2 Å². The van der Waals surface area contributed by atoms with Gasteiger partial charge in [-0.05, 0) is 25.0 Å². The zero-order valence-corrected chi connectivity index (χ0v) is 13.5. The first-order valence-corrected chi connectivity index (χ1v) is 7.82. The van der Waals surface area contributed by atoms with Gasteiger partial charge in [-0.1, -0.05) is 26.0 Å². The summed E-state index contributed by atoms with van der Waals surface area (Å²) in [6.07, 6.45) is 0.254. The van der Waals surface area contributed by atoms with Crippen molar-refractivity contribution < 1.29 is 14.3 Å². The topological polar surface area (TPSA) is 58.6 Å². The molecule has 1 N–H and O–H groups in total. The fourth-order valence-electron chi connectivity index (χ4n) is 2.52. The number of carbonyl (C=O) groups is 2. The molecule has 22 heavy (non-hydrogen) atoms. The third kappa shape index (κ3) is 3.78. The van der Waals surface area contributed by atoms with Crippen molar-refractivity contribution in [3.63, 3.8) is 0 Å². The molecule has 1 aliphatic rings. The van der Waals surface area contributed by atoms with E-state index in [2.05, 4.69) is 5.32 Å². The predicted octanol–water partition coefficient (Wildman–Crippen LogP) is 2.21. The van der Waals surface area contributed by atoms with Crippen molar-refractivity contribution >= 4 is 17.5 Å². The molecule has 1 aromatic rings. The fraction of sp³-hybridized carbons (Fsp3) is 0.529. The lowest BCUT2D eigenvalue weighted by Gasteiger charge is -2.20. The quantitative estimate of drug-likeness (QED) is 0.876. The van der Waals surface area contributed by atoms with E-state index in [0.717, 1.165) is 5.69 Å². The van der Waals surface area contributed by atoms with Crippen molar-refractivity contribution in [3.8, 4) is 5.75 Å². The number of hydrogen-bond acceptors (Lipinski definition) is 3. The number of nitrogens with zero attached hydrogens (tertiary/aromatic N) is 1. The normalized spacial score (nSPS) is 17.9. The predicted molar refractivity (Wildman–Crippen MR) is 85.9 cm³/mol. The highest BCUT2D eigenvalue weighted by Crippen LogP contribution is 2.33. The van der Waals surface area contributed by atoms with E-state index < -0.39 is 0 Å². The number of para-hydroxylation sites is 2. The van der Waals surface area contributed by atoms with Crippen LogP contribution in [0.15, 0.2) is 24.3 Å². The van der Waals surface area contributed by atoms with E-state index in [1.54, 1.807) is 4.90 Å². The number of amides is 2. The Hall–Kier alpha value is -2.04. The minimum absolute atomic E-state index is 0.0307. The lowest BCUT2D eigenvalue weighted by Crippen LogP contribution is -2.35. The van der Waals surface area contributed by atoms with E-state index in [4.69, 9.17) is 4.74 Å². The summed E-state index contributed by atoms with van der Waals surface area (Å²) in [5.74, 6) is 0.716. The first kappa shape index (κ1) is 16.3. The standard InChI is InChI=1S/C17H24N2O3/c1-4-22-15-8-6-5-7-14(15)19-11-13(9-16(19)20)17(21)18-10-12(2)3/h5-8,12-13H,4,9-11H2,1-3H3,(H,18,21). The number of anilines is 1. The van der Waals surface area contributed by atoms with Crippen LogP contribution in [0.25, 0.3) is 0 Å². The molecule has 1 unspecified atom stereocenters. The van der Waals surface area contributed by atoms with Gasteiger partial charge in [0.2, 0.25) is 11.8 Å². The molecular weight excluding hydrogens is 280 g/mol. The summed E-state index contributed by atoms with van der Waals surface area (Å²) in [5, 5.41) is 2.91. The Kier molecular flexibility index (Phi) is 5.41. The Morgan fingerprint density at radius 2 is 2.14 bits per heavy atom. The largest absolute Gasteiger partial charge is 0.492 e. The summed E-state index contributed by atoms with van der Waals surface area (Å²) in [5.41, 5.74) is 0.744. The van der Waals surface area contributed by atoms with Gasteiger partial charge in [0.05, 0.1) is 18.2 Å². The third-order valence-corrected chi connectivity index (χ3v) is 3.64. The molecule has 0 aromatic heterocycles. The van der Waals surface area contributed by atoms with Gasteiger partial charge in [-0.2, -0.15) is 0 Å². The van der Waals surface area contributed by atoms with Gasteiger partial charge >= 0.3 is 0 Å². The van der Waals surface area contributed by atoms with Crippen LogP contribution in [0, 0.1) is 11.8 Å². The number of hydrogen-bond donors (Lipinski definition) is 1. The summed E-state index contributed by atoms with van der Waals surface area (Å²) in [4.78, 5) is 26.1. The molecule has 0 aliphatic carbocycles. The Bertz CT molecular complexity index is 542. The van der Waals surface area contributed by atoms with Crippen molar-refractivity contribution in [3.05, 3.63) is 24.3 Å². The highest BCUT2D eigenvalue weighted by Gasteiger charge is 2.36. The van der Waals surface area contributed by atoms with Crippen LogP contribution in [0.5, 0.6) is 5.75 Å². The van der Waals surface area contributed by atoms with Crippen LogP contribution in [0.3, 0.4) is 0 Å². The van der Waals surface area contributed by atoms with Crippen LogP contribution in [0.1, 0.15) is 27.2 Å². The van der Waals surface area contributed by atoms with Gasteiger partial charge in [0.25, 0.3) is 0 Å². The number of rotatable bonds is 6. The Morgan fingerprint density at radius 1 is 1.41 bits per heavy atom. The molecule has 2 amide bonds. The van der Waals surface area contributed by atoms with E-state index in [1.165, 1.54) is 0 Å². The Morgan fingerprint density at radius 3 is 2.82 bits per heavy atom. The number of ether oxygens (including phenoxy) is 1. The van der Waals surface area contributed by atoms with Gasteiger partial charge < -0.3 is 15.0 Å². The number of benzene rings is 1. The fourth-order valence-corrected chi connectivity index (χ4v) is 2.52. The second kappa shape index (κ2) is 7.29. The average molecular weight is 304 g/mol. The third-order valence-electron chi connectivity index (χ3n) is 3.64. The summed E-state index contributed by atoms with van der Waals surface area (Å²) in [7, 11) is 0. The van der Waals surface area contributed by atoms with Crippen molar-refractivity contribution in [2.45, 2.75) is 27.2 Å². The van der Waals surface area contributed by atoms with E-state index in [9.17, 15) is 9.59 Å². The molecule has 0 spiro atoms. The van der Waals surface area contributed by atoms with Gasteiger partial charge in [-0.3, -0.25) is 9.59 Å². The lowest BCUT2D eigenvalue weighted by atomic mass is 10.1. The smallest absolute Gasteiger partial charge is 0.227 e. The molecule has 1 aromatic carbocycles. The van der Waals surface area contributed by atoms with Crippen LogP contribution in [0.2, 0.25) is 0 Å². The number of nitrogens with one attached hydrogen (secondary N) is 1. The Balaban J connectivity index is 2.08. The van der Waals surface area contributed by atoms with E-state index >= 15 is 0 Å². The molecule has 1 saturated heterocycles. The first-order valence-electron chi connectivity index (χ1n) is 7.82. The molecule has 5 heteroatoms. The second-order valence-corrected chi connectivity index (χ2v) is 5.95. The van der Waals surface area contributed by atoms with Crippen molar-refractivity contribution in [2.24, 2.45) is 11.8 Å². The minimum Gasteiger partial charge on any atom is -0.492 e. The molecule has 1 atom stereocenters. The summed E-state index contributed by atoms with van der Waals surface area (Å²) >= 11 is 0. The average Bonchev–Trinajstić information content (AvgIpc) is 2.87. The van der Waals surface area contributed by atoms with E-state index in [1.807, 2.05) is 45.0 Å². The van der Waals surface area contributed by atoms with Gasteiger partial charge in [0.15, 0.2) is 0 Å². The maximum Gasteiger partial charge on any atom is 0.227 e.